The molecule has 0 saturated heterocycles. The van der Waals surface area contributed by atoms with Crippen LogP contribution in [0, 0.1) is 12.8 Å². The van der Waals surface area contributed by atoms with Gasteiger partial charge in [0.2, 0.25) is 5.91 Å². The Bertz CT molecular complexity index is 794. The molecule has 1 aromatic heterocycles. The number of thiophene rings is 1. The van der Waals surface area contributed by atoms with Gasteiger partial charge in [-0.25, -0.2) is 0 Å². The first kappa shape index (κ1) is 18.4. The minimum atomic E-state index is -0.00440. The Balaban J connectivity index is 1.68. The van der Waals surface area contributed by atoms with Gasteiger partial charge < -0.3 is 10.2 Å². The van der Waals surface area contributed by atoms with Crippen molar-refractivity contribution in [1.82, 2.24) is 4.90 Å². The second kappa shape index (κ2) is 8.32. The first-order valence-corrected chi connectivity index (χ1v) is 9.75. The van der Waals surface area contributed by atoms with Gasteiger partial charge in [-0.05, 0) is 43.4 Å². The molecule has 1 aliphatic rings. The lowest BCUT2D eigenvalue weighted by atomic mass is 10.1. The zero-order valence-electron chi connectivity index (χ0n) is 15.0. The van der Waals surface area contributed by atoms with Crippen molar-refractivity contribution in [1.29, 1.82) is 0 Å². The molecule has 5 heteroatoms. The molecule has 1 heterocycles. The standard InChI is InChI=1S/C21H24N2O2S/c1-3-12-23(13-11-16-7-5-4-6-8-16)21(25)19-15(2)14-18(26-19)22-20(24)17-9-10-17/h3-8,14,17H,1,9-13H2,2H3,(H,22,24). The van der Waals surface area contributed by atoms with Crippen LogP contribution in [-0.2, 0) is 11.2 Å². The number of hydrogen-bond acceptors (Lipinski definition) is 3. The lowest BCUT2D eigenvalue weighted by molar-refractivity contribution is -0.117. The molecule has 1 N–H and O–H groups in total. The summed E-state index contributed by atoms with van der Waals surface area (Å²) in [4.78, 5) is 27.4. The molecule has 26 heavy (non-hydrogen) atoms. The number of benzene rings is 1. The van der Waals surface area contributed by atoms with Gasteiger partial charge in [0.15, 0.2) is 0 Å². The van der Waals surface area contributed by atoms with Gasteiger partial charge in [0.05, 0.1) is 9.88 Å². The average molecular weight is 369 g/mol. The molecule has 0 aliphatic heterocycles. The molecule has 2 amide bonds. The third-order valence-electron chi connectivity index (χ3n) is 4.46. The minimum absolute atomic E-state index is 0.00440. The first-order valence-electron chi connectivity index (χ1n) is 8.94. The highest BCUT2D eigenvalue weighted by Crippen LogP contribution is 2.33. The lowest BCUT2D eigenvalue weighted by Gasteiger charge is -2.21. The van der Waals surface area contributed by atoms with E-state index in [0.29, 0.717) is 18.0 Å². The molecular formula is C21H24N2O2S. The van der Waals surface area contributed by atoms with Crippen molar-refractivity contribution < 1.29 is 9.59 Å². The fourth-order valence-electron chi connectivity index (χ4n) is 2.81. The van der Waals surface area contributed by atoms with E-state index in [2.05, 4.69) is 24.0 Å². The number of carbonyl (C=O) groups excluding carboxylic acids is 2. The van der Waals surface area contributed by atoms with Crippen molar-refractivity contribution in [3.8, 4) is 0 Å². The summed E-state index contributed by atoms with van der Waals surface area (Å²) in [6, 6.07) is 12.0. The Labute approximate surface area is 158 Å². The van der Waals surface area contributed by atoms with Gasteiger partial charge in [0.25, 0.3) is 5.91 Å². The van der Waals surface area contributed by atoms with Gasteiger partial charge in [-0.3, -0.25) is 9.59 Å². The normalized spacial score (nSPS) is 13.3. The highest BCUT2D eigenvalue weighted by molar-refractivity contribution is 7.18. The van der Waals surface area contributed by atoms with Crippen molar-refractivity contribution in [3.05, 3.63) is 65.1 Å². The predicted molar refractivity (Wildman–Crippen MR) is 107 cm³/mol. The maximum absolute atomic E-state index is 13.0. The van der Waals surface area contributed by atoms with Crippen LogP contribution in [0.1, 0.15) is 33.6 Å². The highest BCUT2D eigenvalue weighted by Gasteiger charge is 2.30. The fraction of sp³-hybridized carbons (Fsp3) is 0.333. The zero-order chi connectivity index (χ0) is 18.5. The van der Waals surface area contributed by atoms with Crippen molar-refractivity contribution in [2.75, 3.05) is 18.4 Å². The smallest absolute Gasteiger partial charge is 0.264 e. The van der Waals surface area contributed by atoms with Crippen molar-refractivity contribution >= 4 is 28.2 Å². The molecule has 1 fully saturated rings. The third-order valence-corrected chi connectivity index (χ3v) is 5.60. The highest BCUT2D eigenvalue weighted by atomic mass is 32.1. The van der Waals surface area contributed by atoms with Crippen LogP contribution in [-0.4, -0.2) is 29.8 Å². The minimum Gasteiger partial charge on any atom is -0.334 e. The van der Waals surface area contributed by atoms with Crippen molar-refractivity contribution in [2.24, 2.45) is 5.92 Å². The Hall–Kier alpha value is -2.40. The molecule has 0 unspecified atom stereocenters. The van der Waals surface area contributed by atoms with E-state index in [-0.39, 0.29) is 17.7 Å². The van der Waals surface area contributed by atoms with E-state index in [1.165, 1.54) is 16.9 Å². The number of nitrogens with zero attached hydrogens (tertiary/aromatic N) is 1. The second-order valence-corrected chi connectivity index (χ2v) is 7.71. The van der Waals surface area contributed by atoms with Crippen LogP contribution in [0.15, 0.2) is 49.1 Å². The van der Waals surface area contributed by atoms with E-state index in [0.717, 1.165) is 29.8 Å². The first-order chi connectivity index (χ1) is 12.6. The number of carbonyl (C=O) groups is 2. The van der Waals surface area contributed by atoms with Gasteiger partial charge in [0.1, 0.15) is 0 Å². The number of amides is 2. The van der Waals surface area contributed by atoms with Crippen LogP contribution in [0.4, 0.5) is 5.00 Å². The average Bonchev–Trinajstić information content (AvgIpc) is 3.43. The van der Waals surface area contributed by atoms with Gasteiger partial charge in [-0.1, -0.05) is 36.4 Å². The van der Waals surface area contributed by atoms with Crippen LogP contribution in [0.25, 0.3) is 0 Å². The molecule has 0 spiro atoms. The quantitative estimate of drug-likeness (QED) is 0.707. The van der Waals surface area contributed by atoms with Gasteiger partial charge >= 0.3 is 0 Å². The van der Waals surface area contributed by atoms with Crippen LogP contribution in [0.2, 0.25) is 0 Å². The molecule has 0 bridgehead atoms. The summed E-state index contributed by atoms with van der Waals surface area (Å²) in [5.74, 6) is 0.215. The molecule has 4 nitrogen and oxygen atoms in total. The number of hydrogen-bond donors (Lipinski definition) is 1. The lowest BCUT2D eigenvalue weighted by Crippen LogP contribution is -2.33. The summed E-state index contributed by atoms with van der Waals surface area (Å²) in [5, 5.41) is 3.69. The maximum atomic E-state index is 13.0. The van der Waals surface area contributed by atoms with E-state index in [1.54, 1.807) is 6.08 Å². The van der Waals surface area contributed by atoms with E-state index in [4.69, 9.17) is 0 Å². The van der Waals surface area contributed by atoms with Crippen LogP contribution < -0.4 is 5.32 Å². The topological polar surface area (TPSA) is 49.4 Å². The molecule has 1 aromatic carbocycles. The summed E-state index contributed by atoms with van der Waals surface area (Å²) < 4.78 is 0. The molecule has 0 radical (unpaired) electrons. The van der Waals surface area contributed by atoms with E-state index >= 15 is 0 Å². The summed E-state index contributed by atoms with van der Waals surface area (Å²) in [7, 11) is 0. The summed E-state index contributed by atoms with van der Waals surface area (Å²) in [6.07, 6.45) is 4.49. The molecule has 1 saturated carbocycles. The van der Waals surface area contributed by atoms with Gasteiger partial charge in [-0.2, -0.15) is 0 Å². The van der Waals surface area contributed by atoms with E-state index in [1.807, 2.05) is 36.1 Å². The number of nitrogens with one attached hydrogen (secondary N) is 1. The van der Waals surface area contributed by atoms with Gasteiger partial charge in [-0.15, -0.1) is 17.9 Å². The maximum Gasteiger partial charge on any atom is 0.264 e. The summed E-state index contributed by atoms with van der Waals surface area (Å²) in [5.41, 5.74) is 2.11. The zero-order valence-corrected chi connectivity index (χ0v) is 15.8. The molecule has 0 atom stereocenters. The molecule has 136 valence electrons. The largest absolute Gasteiger partial charge is 0.334 e. The number of aryl methyl sites for hydroxylation is 1. The molecular weight excluding hydrogens is 344 g/mol. The monoisotopic (exact) mass is 368 g/mol. The summed E-state index contributed by atoms with van der Waals surface area (Å²) >= 11 is 1.36. The van der Waals surface area contributed by atoms with Crippen LogP contribution in [0.5, 0.6) is 0 Å². The Morgan fingerprint density at radius 1 is 1.31 bits per heavy atom. The predicted octanol–water partition coefficient (Wildman–Crippen LogP) is 4.28. The molecule has 1 aliphatic carbocycles. The SMILES string of the molecule is C=CCN(CCc1ccccc1)C(=O)c1sc(NC(=O)C2CC2)cc1C. The fourth-order valence-corrected chi connectivity index (χ4v) is 3.85. The van der Waals surface area contributed by atoms with E-state index < -0.39 is 0 Å². The van der Waals surface area contributed by atoms with E-state index in [9.17, 15) is 9.59 Å². The van der Waals surface area contributed by atoms with Crippen LogP contribution >= 0.6 is 11.3 Å². The summed E-state index contributed by atoms with van der Waals surface area (Å²) in [6.45, 7) is 6.84. The van der Waals surface area contributed by atoms with Crippen LogP contribution in [0.3, 0.4) is 0 Å². The second-order valence-electron chi connectivity index (χ2n) is 6.66. The Morgan fingerprint density at radius 2 is 2.04 bits per heavy atom. The molecule has 2 aromatic rings. The molecule has 3 rings (SSSR count). The Kier molecular flexibility index (Phi) is 5.89. The van der Waals surface area contributed by atoms with Crippen molar-refractivity contribution in [3.63, 3.8) is 0 Å². The number of anilines is 1. The van der Waals surface area contributed by atoms with Gasteiger partial charge in [0, 0.05) is 19.0 Å². The van der Waals surface area contributed by atoms with Crippen molar-refractivity contribution in [2.45, 2.75) is 26.2 Å². The number of rotatable bonds is 8. The Morgan fingerprint density at radius 3 is 2.69 bits per heavy atom. The third kappa shape index (κ3) is 4.61.